The maximum absolute atomic E-state index is 6.21. The first-order chi connectivity index (χ1) is 12.1. The van der Waals surface area contributed by atoms with Crippen molar-refractivity contribution < 1.29 is 0 Å². The van der Waals surface area contributed by atoms with Gasteiger partial charge in [0.2, 0.25) is 0 Å². The van der Waals surface area contributed by atoms with E-state index in [-0.39, 0.29) is 12.1 Å². The standard InChI is InChI=1S/C19H16ClN3S2/c1-12-5-7-13(8-6-12)23-18(15-9-10-16(20)25-15)17(22-19(23)24)14-4-2-3-11-21-14/h2-11,17-18H,1H3,(H,22,24)/t17-,18+/m0/s1. The smallest absolute Gasteiger partial charge is 0.174 e. The number of pyridine rings is 1. The van der Waals surface area contributed by atoms with Gasteiger partial charge in [0.1, 0.15) is 0 Å². The molecule has 0 unspecified atom stereocenters. The second-order valence-corrected chi connectivity index (χ2v) is 8.11. The predicted octanol–water partition coefficient (Wildman–Crippen LogP) is 5.28. The zero-order valence-electron chi connectivity index (χ0n) is 13.5. The largest absolute Gasteiger partial charge is 0.351 e. The fourth-order valence-electron chi connectivity index (χ4n) is 3.11. The fraction of sp³-hybridized carbons (Fsp3) is 0.158. The van der Waals surface area contributed by atoms with Gasteiger partial charge in [-0.2, -0.15) is 0 Å². The summed E-state index contributed by atoms with van der Waals surface area (Å²) in [6.45, 7) is 2.08. The Morgan fingerprint density at radius 1 is 1.12 bits per heavy atom. The van der Waals surface area contributed by atoms with Crippen LogP contribution in [-0.4, -0.2) is 10.1 Å². The average molecular weight is 386 g/mol. The van der Waals surface area contributed by atoms with E-state index < -0.39 is 0 Å². The Morgan fingerprint density at radius 3 is 2.56 bits per heavy atom. The van der Waals surface area contributed by atoms with E-state index in [1.165, 1.54) is 5.56 Å². The number of thiophene rings is 1. The van der Waals surface area contributed by atoms with Crippen LogP contribution in [0.15, 0.2) is 60.8 Å². The molecule has 0 bridgehead atoms. The van der Waals surface area contributed by atoms with Crippen molar-refractivity contribution >= 4 is 46.0 Å². The molecule has 0 aliphatic carbocycles. The van der Waals surface area contributed by atoms with Gasteiger partial charge in [-0.1, -0.05) is 35.4 Å². The number of aryl methyl sites for hydroxylation is 1. The van der Waals surface area contributed by atoms with Crippen LogP contribution in [0.5, 0.6) is 0 Å². The molecule has 0 amide bonds. The Kier molecular flexibility index (Phi) is 4.46. The van der Waals surface area contributed by atoms with E-state index in [2.05, 4.69) is 52.5 Å². The lowest BCUT2D eigenvalue weighted by molar-refractivity contribution is 0.575. The van der Waals surface area contributed by atoms with Gasteiger partial charge < -0.3 is 10.2 Å². The minimum Gasteiger partial charge on any atom is -0.351 e. The van der Waals surface area contributed by atoms with Gasteiger partial charge in [-0.15, -0.1) is 11.3 Å². The summed E-state index contributed by atoms with van der Waals surface area (Å²) in [5.41, 5.74) is 3.25. The SMILES string of the molecule is Cc1ccc(N2C(=S)N[C@@H](c3ccccn3)[C@H]2c2ccc(Cl)s2)cc1. The molecule has 1 N–H and O–H groups in total. The van der Waals surface area contributed by atoms with E-state index in [0.717, 1.165) is 20.6 Å². The first-order valence-corrected chi connectivity index (χ1v) is 9.56. The molecule has 2 atom stereocenters. The van der Waals surface area contributed by atoms with Crippen LogP contribution in [0.25, 0.3) is 0 Å². The lowest BCUT2D eigenvalue weighted by atomic mass is 10.0. The molecule has 126 valence electrons. The van der Waals surface area contributed by atoms with Crippen molar-refractivity contribution in [1.82, 2.24) is 10.3 Å². The van der Waals surface area contributed by atoms with E-state index >= 15 is 0 Å². The molecule has 3 heterocycles. The topological polar surface area (TPSA) is 28.2 Å². The molecule has 1 aromatic carbocycles. The van der Waals surface area contributed by atoms with E-state index in [1.54, 1.807) is 11.3 Å². The lowest BCUT2D eigenvalue weighted by Gasteiger charge is -2.27. The molecule has 3 aromatic rings. The van der Waals surface area contributed by atoms with Gasteiger partial charge in [-0.3, -0.25) is 4.98 Å². The molecule has 0 spiro atoms. The van der Waals surface area contributed by atoms with Crippen LogP contribution in [-0.2, 0) is 0 Å². The molecule has 6 heteroatoms. The number of benzene rings is 1. The third kappa shape index (κ3) is 3.15. The molecule has 2 aromatic heterocycles. The van der Waals surface area contributed by atoms with Gasteiger partial charge in [0, 0.05) is 16.8 Å². The minimum atomic E-state index is -0.0234. The van der Waals surface area contributed by atoms with Crippen molar-refractivity contribution in [3.8, 4) is 0 Å². The summed E-state index contributed by atoms with van der Waals surface area (Å²) in [4.78, 5) is 7.87. The van der Waals surface area contributed by atoms with Gasteiger partial charge in [0.25, 0.3) is 0 Å². The van der Waals surface area contributed by atoms with Crippen molar-refractivity contribution in [1.29, 1.82) is 0 Å². The Hall–Kier alpha value is -1.95. The first-order valence-electron chi connectivity index (χ1n) is 7.96. The highest BCUT2D eigenvalue weighted by atomic mass is 35.5. The summed E-state index contributed by atoms with van der Waals surface area (Å²) >= 11 is 13.5. The summed E-state index contributed by atoms with van der Waals surface area (Å²) in [6.07, 6.45) is 1.81. The molecule has 0 radical (unpaired) electrons. The van der Waals surface area contributed by atoms with Crippen LogP contribution >= 0.6 is 35.2 Å². The Balaban J connectivity index is 1.81. The number of anilines is 1. The molecule has 4 rings (SSSR count). The number of rotatable bonds is 3. The van der Waals surface area contributed by atoms with Gasteiger partial charge >= 0.3 is 0 Å². The molecule has 1 fully saturated rings. The van der Waals surface area contributed by atoms with Crippen LogP contribution < -0.4 is 10.2 Å². The zero-order valence-corrected chi connectivity index (χ0v) is 15.9. The minimum absolute atomic E-state index is 0.0163. The first kappa shape index (κ1) is 16.5. The summed E-state index contributed by atoms with van der Waals surface area (Å²) in [6, 6.07) is 18.4. The molecule has 0 saturated carbocycles. The maximum Gasteiger partial charge on any atom is 0.174 e. The van der Waals surface area contributed by atoms with Gasteiger partial charge in [0.05, 0.1) is 22.1 Å². The zero-order chi connectivity index (χ0) is 17.4. The maximum atomic E-state index is 6.21. The second-order valence-electron chi connectivity index (χ2n) is 5.97. The number of thiocarbonyl (C=S) groups is 1. The van der Waals surface area contributed by atoms with Crippen LogP contribution in [0.1, 0.15) is 28.2 Å². The Labute approximate surface area is 161 Å². The van der Waals surface area contributed by atoms with Crippen LogP contribution in [0, 0.1) is 6.92 Å². The quantitative estimate of drug-likeness (QED) is 0.620. The van der Waals surface area contributed by atoms with Crippen molar-refractivity contribution in [3.05, 3.63) is 81.3 Å². The number of nitrogens with one attached hydrogen (secondary N) is 1. The Bertz CT molecular complexity index is 893. The second kappa shape index (κ2) is 6.75. The molecule has 1 aliphatic heterocycles. The van der Waals surface area contributed by atoms with Crippen molar-refractivity contribution in [2.24, 2.45) is 0 Å². The van der Waals surface area contributed by atoms with Crippen LogP contribution in [0.3, 0.4) is 0 Å². The van der Waals surface area contributed by atoms with E-state index in [1.807, 2.05) is 30.5 Å². The molecule has 1 saturated heterocycles. The van der Waals surface area contributed by atoms with Crippen LogP contribution in [0.2, 0.25) is 4.34 Å². The molecule has 1 aliphatic rings. The highest BCUT2D eigenvalue weighted by molar-refractivity contribution is 7.80. The van der Waals surface area contributed by atoms with E-state index in [4.69, 9.17) is 23.8 Å². The average Bonchev–Trinajstić information content (AvgIpc) is 3.20. The van der Waals surface area contributed by atoms with Gasteiger partial charge in [-0.25, -0.2) is 0 Å². The van der Waals surface area contributed by atoms with Crippen molar-refractivity contribution in [2.45, 2.75) is 19.0 Å². The summed E-state index contributed by atoms with van der Waals surface area (Å²) in [7, 11) is 0. The number of hydrogen-bond acceptors (Lipinski definition) is 3. The number of hydrogen-bond donors (Lipinski definition) is 1. The lowest BCUT2D eigenvalue weighted by Crippen LogP contribution is -2.29. The summed E-state index contributed by atoms with van der Waals surface area (Å²) < 4.78 is 0.774. The predicted molar refractivity (Wildman–Crippen MR) is 108 cm³/mol. The molecular weight excluding hydrogens is 370 g/mol. The Morgan fingerprint density at radius 2 is 1.92 bits per heavy atom. The van der Waals surface area contributed by atoms with Crippen molar-refractivity contribution in [3.63, 3.8) is 0 Å². The van der Waals surface area contributed by atoms with Crippen molar-refractivity contribution in [2.75, 3.05) is 4.90 Å². The third-order valence-corrected chi connectivity index (χ3v) is 5.91. The summed E-state index contributed by atoms with van der Waals surface area (Å²) in [5.74, 6) is 0. The number of halogens is 1. The van der Waals surface area contributed by atoms with Gasteiger partial charge in [0.15, 0.2) is 5.11 Å². The molecule has 25 heavy (non-hydrogen) atoms. The third-order valence-electron chi connectivity index (χ3n) is 4.30. The van der Waals surface area contributed by atoms with Gasteiger partial charge in [-0.05, 0) is 55.5 Å². The monoisotopic (exact) mass is 385 g/mol. The summed E-state index contributed by atoms with van der Waals surface area (Å²) in [5, 5.41) is 4.15. The molecular formula is C19H16ClN3S2. The highest BCUT2D eigenvalue weighted by Gasteiger charge is 2.41. The fourth-order valence-corrected chi connectivity index (χ4v) is 4.65. The highest BCUT2D eigenvalue weighted by Crippen LogP contribution is 2.44. The molecule has 3 nitrogen and oxygen atoms in total. The normalized spacial score (nSPS) is 19.9. The van der Waals surface area contributed by atoms with E-state index in [9.17, 15) is 0 Å². The number of aromatic nitrogens is 1. The number of nitrogens with zero attached hydrogens (tertiary/aromatic N) is 2. The van der Waals surface area contributed by atoms with Crippen LogP contribution in [0.4, 0.5) is 5.69 Å². The van der Waals surface area contributed by atoms with E-state index in [0.29, 0.717) is 5.11 Å².